The third kappa shape index (κ3) is 2.73. The second-order valence-electron chi connectivity index (χ2n) is 5.60. The summed E-state index contributed by atoms with van der Waals surface area (Å²) < 4.78 is 0. The van der Waals surface area contributed by atoms with Gasteiger partial charge in [0, 0.05) is 18.8 Å². The Kier molecular flexibility index (Phi) is 3.60. The van der Waals surface area contributed by atoms with Gasteiger partial charge in [0.2, 0.25) is 0 Å². The van der Waals surface area contributed by atoms with Crippen molar-refractivity contribution in [2.75, 3.05) is 5.01 Å². The maximum absolute atomic E-state index is 4.91. The quantitative estimate of drug-likeness (QED) is 0.715. The fourth-order valence-electron chi connectivity index (χ4n) is 2.97. The van der Waals surface area contributed by atoms with E-state index in [1.54, 1.807) is 0 Å². The van der Waals surface area contributed by atoms with Crippen molar-refractivity contribution in [2.24, 2.45) is 5.10 Å². The third-order valence-corrected chi connectivity index (χ3v) is 4.11. The van der Waals surface area contributed by atoms with Gasteiger partial charge in [-0.25, -0.2) is 0 Å². The van der Waals surface area contributed by atoms with Crippen molar-refractivity contribution in [3.05, 3.63) is 96.3 Å². The maximum Gasteiger partial charge on any atom is 0.0846 e. The lowest BCUT2D eigenvalue weighted by Gasteiger charge is -2.23. The number of hydrogen-bond donors (Lipinski definition) is 0. The molecule has 0 saturated carbocycles. The molecule has 3 heteroatoms. The van der Waals surface area contributed by atoms with Crippen LogP contribution in [0.4, 0.5) is 5.69 Å². The number of anilines is 1. The predicted octanol–water partition coefficient (Wildman–Crippen LogP) is 4.44. The molecular weight excluding hydrogens is 282 g/mol. The summed E-state index contributed by atoms with van der Waals surface area (Å²) in [6, 6.07) is 25.0. The van der Waals surface area contributed by atoms with Crippen molar-refractivity contribution < 1.29 is 0 Å². The number of aromatic nitrogens is 1. The molecule has 0 spiro atoms. The first-order chi connectivity index (χ1) is 11.4. The Hall–Kier alpha value is -2.94. The summed E-state index contributed by atoms with van der Waals surface area (Å²) in [5, 5.41) is 7.02. The fourth-order valence-corrected chi connectivity index (χ4v) is 2.97. The molecule has 0 N–H and O–H groups in total. The van der Waals surface area contributed by atoms with E-state index in [0.29, 0.717) is 0 Å². The highest BCUT2D eigenvalue weighted by Crippen LogP contribution is 2.36. The summed E-state index contributed by atoms with van der Waals surface area (Å²) in [7, 11) is 0. The first-order valence-corrected chi connectivity index (χ1v) is 7.79. The van der Waals surface area contributed by atoms with Gasteiger partial charge in [0.15, 0.2) is 0 Å². The molecule has 0 amide bonds. The van der Waals surface area contributed by atoms with Gasteiger partial charge in [-0.05, 0) is 29.3 Å². The van der Waals surface area contributed by atoms with E-state index in [9.17, 15) is 0 Å². The van der Waals surface area contributed by atoms with Crippen molar-refractivity contribution in [1.29, 1.82) is 0 Å². The van der Waals surface area contributed by atoms with Gasteiger partial charge in [-0.3, -0.25) is 9.99 Å². The van der Waals surface area contributed by atoms with Gasteiger partial charge in [-0.1, -0.05) is 54.6 Å². The number of hydrogen-bond acceptors (Lipinski definition) is 3. The molecule has 0 saturated heterocycles. The molecule has 1 aliphatic rings. The fraction of sp³-hybridized carbons (Fsp3) is 0.100. The smallest absolute Gasteiger partial charge is 0.0846 e. The van der Waals surface area contributed by atoms with Gasteiger partial charge in [0.1, 0.15) is 0 Å². The highest BCUT2D eigenvalue weighted by Gasteiger charge is 2.29. The zero-order chi connectivity index (χ0) is 15.5. The maximum atomic E-state index is 4.91. The molecule has 0 radical (unpaired) electrons. The molecule has 0 fully saturated rings. The summed E-state index contributed by atoms with van der Waals surface area (Å²) in [6.45, 7) is 0. The Balaban J connectivity index is 1.75. The number of para-hydroxylation sites is 1. The van der Waals surface area contributed by atoms with Gasteiger partial charge < -0.3 is 0 Å². The molecule has 4 rings (SSSR count). The van der Waals surface area contributed by atoms with Crippen molar-refractivity contribution in [3.8, 4) is 0 Å². The minimum Gasteiger partial charge on any atom is -0.264 e. The first-order valence-electron chi connectivity index (χ1n) is 7.79. The van der Waals surface area contributed by atoms with Crippen LogP contribution in [0.25, 0.3) is 0 Å². The SMILES string of the molecule is c1ccc(C2=NN(c3ccccc3)[C@H](c3cccnc3)C2)cc1. The molecule has 23 heavy (non-hydrogen) atoms. The third-order valence-electron chi connectivity index (χ3n) is 4.11. The number of hydrazone groups is 1. The molecule has 2 heterocycles. The van der Waals surface area contributed by atoms with E-state index in [4.69, 9.17) is 5.10 Å². The standard InChI is InChI=1S/C20H17N3/c1-3-8-16(9-4-1)19-14-20(17-10-7-13-21-15-17)23(22-19)18-11-5-2-6-12-18/h1-13,15,20H,14H2/t20-/m0/s1. The van der Waals surface area contributed by atoms with Crippen molar-refractivity contribution in [2.45, 2.75) is 12.5 Å². The predicted molar refractivity (Wildman–Crippen MR) is 93.5 cm³/mol. The van der Waals surface area contributed by atoms with E-state index in [1.165, 1.54) is 11.1 Å². The molecule has 1 aromatic heterocycles. The van der Waals surface area contributed by atoms with Crippen LogP contribution in [-0.2, 0) is 0 Å². The molecule has 112 valence electrons. The van der Waals surface area contributed by atoms with Crippen molar-refractivity contribution in [3.63, 3.8) is 0 Å². The monoisotopic (exact) mass is 299 g/mol. The Morgan fingerprint density at radius 2 is 1.57 bits per heavy atom. The van der Waals surface area contributed by atoms with Crippen LogP contribution in [0.2, 0.25) is 0 Å². The van der Waals surface area contributed by atoms with Crippen molar-refractivity contribution in [1.82, 2.24) is 4.98 Å². The van der Waals surface area contributed by atoms with Crippen LogP contribution in [0.3, 0.4) is 0 Å². The van der Waals surface area contributed by atoms with Crippen LogP contribution in [-0.4, -0.2) is 10.7 Å². The summed E-state index contributed by atoms with van der Waals surface area (Å²) in [4.78, 5) is 4.28. The molecule has 0 aliphatic carbocycles. The van der Waals surface area contributed by atoms with E-state index in [1.807, 2.05) is 42.7 Å². The summed E-state index contributed by atoms with van der Waals surface area (Å²) in [5.41, 5.74) is 4.58. The van der Waals surface area contributed by atoms with Gasteiger partial charge in [0.25, 0.3) is 0 Å². The van der Waals surface area contributed by atoms with Gasteiger partial charge >= 0.3 is 0 Å². The van der Waals surface area contributed by atoms with Gasteiger partial charge in [-0.15, -0.1) is 0 Å². The van der Waals surface area contributed by atoms with Crippen LogP contribution in [0, 0.1) is 0 Å². The lowest BCUT2D eigenvalue weighted by molar-refractivity contribution is 0.705. The number of nitrogens with zero attached hydrogens (tertiary/aromatic N) is 3. The van der Waals surface area contributed by atoms with Crippen LogP contribution < -0.4 is 5.01 Å². The molecule has 2 aromatic carbocycles. The Bertz CT molecular complexity index is 798. The zero-order valence-electron chi connectivity index (χ0n) is 12.7. The summed E-state index contributed by atoms with van der Waals surface area (Å²) >= 11 is 0. The van der Waals surface area contributed by atoms with E-state index < -0.39 is 0 Å². The van der Waals surface area contributed by atoms with E-state index in [2.05, 4.69) is 52.5 Å². The molecule has 3 nitrogen and oxygen atoms in total. The Morgan fingerprint density at radius 1 is 0.826 bits per heavy atom. The number of pyridine rings is 1. The second-order valence-corrected chi connectivity index (χ2v) is 5.60. The van der Waals surface area contributed by atoms with E-state index >= 15 is 0 Å². The van der Waals surface area contributed by atoms with Gasteiger partial charge in [-0.2, -0.15) is 5.10 Å². The molecule has 1 atom stereocenters. The normalized spacial score (nSPS) is 17.1. The van der Waals surface area contributed by atoms with E-state index in [0.717, 1.165) is 17.8 Å². The van der Waals surface area contributed by atoms with Crippen LogP contribution in [0.15, 0.2) is 90.3 Å². The molecular formula is C20H17N3. The minimum absolute atomic E-state index is 0.182. The van der Waals surface area contributed by atoms with Crippen molar-refractivity contribution >= 4 is 11.4 Å². The number of rotatable bonds is 3. The highest BCUT2D eigenvalue weighted by atomic mass is 15.5. The zero-order valence-corrected chi connectivity index (χ0v) is 12.7. The first kappa shape index (κ1) is 13.7. The molecule has 3 aromatic rings. The second kappa shape index (κ2) is 6.05. The number of benzene rings is 2. The summed E-state index contributed by atoms with van der Waals surface area (Å²) in [6.07, 6.45) is 4.62. The minimum atomic E-state index is 0.182. The Labute approximate surface area is 135 Å². The molecule has 1 aliphatic heterocycles. The highest BCUT2D eigenvalue weighted by molar-refractivity contribution is 6.03. The lowest BCUT2D eigenvalue weighted by atomic mass is 9.99. The van der Waals surface area contributed by atoms with Crippen LogP contribution >= 0.6 is 0 Å². The summed E-state index contributed by atoms with van der Waals surface area (Å²) in [5.74, 6) is 0. The Morgan fingerprint density at radius 3 is 2.26 bits per heavy atom. The average molecular weight is 299 g/mol. The van der Waals surface area contributed by atoms with Crippen LogP contribution in [0.1, 0.15) is 23.6 Å². The largest absolute Gasteiger partial charge is 0.264 e. The van der Waals surface area contributed by atoms with Gasteiger partial charge in [0.05, 0.1) is 17.4 Å². The van der Waals surface area contributed by atoms with Crippen LogP contribution in [0.5, 0.6) is 0 Å². The lowest BCUT2D eigenvalue weighted by Crippen LogP contribution is -2.18. The topological polar surface area (TPSA) is 28.5 Å². The van der Waals surface area contributed by atoms with E-state index in [-0.39, 0.29) is 6.04 Å². The average Bonchev–Trinajstić information content (AvgIpc) is 3.09. The molecule has 0 unspecified atom stereocenters. The molecule has 0 bridgehead atoms.